The topological polar surface area (TPSA) is 61.4 Å². The largest absolute Gasteiger partial charge is 0.349 e. The predicted molar refractivity (Wildman–Crippen MR) is 108 cm³/mol. The van der Waals surface area contributed by atoms with Gasteiger partial charge in [0.05, 0.1) is 6.54 Å². The van der Waals surface area contributed by atoms with E-state index >= 15 is 0 Å². The molecule has 1 aliphatic rings. The molecule has 2 N–H and O–H groups in total. The van der Waals surface area contributed by atoms with Crippen LogP contribution in [-0.4, -0.2) is 42.4 Å². The fraction of sp³-hybridized carbons (Fsp3) is 0.333. The van der Waals surface area contributed by atoms with Crippen molar-refractivity contribution in [2.75, 3.05) is 25.0 Å². The first-order chi connectivity index (χ1) is 13.4. The SMILES string of the molecule is Cc1c(Cl)cccc1NC(=O)CN1CCC(NC(=O)c2ccc(F)cc2)CC1. The Morgan fingerprint density at radius 1 is 1.14 bits per heavy atom. The Bertz CT molecular complexity index is 849. The number of amides is 2. The van der Waals surface area contributed by atoms with Crippen LogP contribution in [0.25, 0.3) is 0 Å². The molecule has 1 fully saturated rings. The van der Waals surface area contributed by atoms with Crippen LogP contribution >= 0.6 is 11.6 Å². The minimum Gasteiger partial charge on any atom is -0.349 e. The predicted octanol–water partition coefficient (Wildman–Crippen LogP) is 3.62. The van der Waals surface area contributed by atoms with Gasteiger partial charge in [0.15, 0.2) is 0 Å². The number of nitrogens with one attached hydrogen (secondary N) is 2. The van der Waals surface area contributed by atoms with Crippen LogP contribution in [0.2, 0.25) is 5.02 Å². The van der Waals surface area contributed by atoms with E-state index in [0.29, 0.717) is 17.1 Å². The Hall–Kier alpha value is -2.44. The summed E-state index contributed by atoms with van der Waals surface area (Å²) in [7, 11) is 0. The second-order valence-electron chi connectivity index (χ2n) is 6.99. The van der Waals surface area contributed by atoms with E-state index in [0.717, 1.165) is 37.2 Å². The molecule has 0 saturated carbocycles. The molecule has 0 atom stereocenters. The van der Waals surface area contributed by atoms with Gasteiger partial charge in [-0.15, -0.1) is 0 Å². The number of rotatable bonds is 5. The van der Waals surface area contributed by atoms with E-state index in [9.17, 15) is 14.0 Å². The van der Waals surface area contributed by atoms with E-state index in [1.54, 1.807) is 12.1 Å². The number of hydrogen-bond donors (Lipinski definition) is 2. The summed E-state index contributed by atoms with van der Waals surface area (Å²) < 4.78 is 13.0. The van der Waals surface area contributed by atoms with Crippen LogP contribution in [0.4, 0.5) is 10.1 Å². The molecule has 3 rings (SSSR count). The summed E-state index contributed by atoms with van der Waals surface area (Å²) in [6.07, 6.45) is 1.52. The zero-order valence-corrected chi connectivity index (χ0v) is 16.4. The zero-order valence-electron chi connectivity index (χ0n) is 15.7. The summed E-state index contributed by atoms with van der Waals surface area (Å²) in [5.41, 5.74) is 2.01. The molecule has 148 valence electrons. The lowest BCUT2D eigenvalue weighted by Crippen LogP contribution is -2.46. The Labute approximate surface area is 168 Å². The summed E-state index contributed by atoms with van der Waals surface area (Å²) in [5.74, 6) is -0.650. The molecule has 0 radical (unpaired) electrons. The van der Waals surface area contributed by atoms with Gasteiger partial charge >= 0.3 is 0 Å². The number of carbonyl (C=O) groups excluding carboxylic acids is 2. The van der Waals surface area contributed by atoms with Gasteiger partial charge in [-0.25, -0.2) is 4.39 Å². The summed E-state index contributed by atoms with van der Waals surface area (Å²) in [5, 5.41) is 6.50. The molecule has 1 saturated heterocycles. The Kier molecular flexibility index (Phi) is 6.65. The van der Waals surface area contributed by atoms with Crippen molar-refractivity contribution < 1.29 is 14.0 Å². The van der Waals surface area contributed by atoms with E-state index < -0.39 is 0 Å². The van der Waals surface area contributed by atoms with E-state index in [1.807, 2.05) is 13.0 Å². The summed E-state index contributed by atoms with van der Waals surface area (Å²) in [6.45, 7) is 3.60. The maximum atomic E-state index is 13.0. The molecule has 0 spiro atoms. The minimum atomic E-state index is -0.365. The van der Waals surface area contributed by atoms with Crippen molar-refractivity contribution in [3.8, 4) is 0 Å². The number of piperidine rings is 1. The van der Waals surface area contributed by atoms with Crippen LogP contribution in [0.5, 0.6) is 0 Å². The van der Waals surface area contributed by atoms with Crippen LogP contribution < -0.4 is 10.6 Å². The fourth-order valence-corrected chi connectivity index (χ4v) is 3.42. The molecular weight excluding hydrogens is 381 g/mol. The second kappa shape index (κ2) is 9.17. The van der Waals surface area contributed by atoms with Gasteiger partial charge in [-0.05, 0) is 61.7 Å². The number of halogens is 2. The maximum Gasteiger partial charge on any atom is 0.251 e. The highest BCUT2D eigenvalue weighted by molar-refractivity contribution is 6.31. The first kappa shape index (κ1) is 20.3. The highest BCUT2D eigenvalue weighted by Crippen LogP contribution is 2.23. The van der Waals surface area contributed by atoms with E-state index in [2.05, 4.69) is 15.5 Å². The monoisotopic (exact) mass is 403 g/mol. The summed E-state index contributed by atoms with van der Waals surface area (Å²) in [6, 6.07) is 11.0. The van der Waals surface area contributed by atoms with E-state index in [1.165, 1.54) is 24.3 Å². The Morgan fingerprint density at radius 2 is 1.82 bits per heavy atom. The average molecular weight is 404 g/mol. The third-order valence-electron chi connectivity index (χ3n) is 4.94. The molecule has 7 heteroatoms. The van der Waals surface area contributed by atoms with Crippen molar-refractivity contribution in [2.24, 2.45) is 0 Å². The third-order valence-corrected chi connectivity index (χ3v) is 5.35. The highest BCUT2D eigenvalue weighted by Gasteiger charge is 2.22. The molecule has 0 aromatic heterocycles. The molecule has 5 nitrogen and oxygen atoms in total. The lowest BCUT2D eigenvalue weighted by atomic mass is 10.0. The molecule has 2 aromatic rings. The van der Waals surface area contributed by atoms with Crippen LogP contribution in [-0.2, 0) is 4.79 Å². The second-order valence-corrected chi connectivity index (χ2v) is 7.40. The third kappa shape index (κ3) is 5.30. The van der Waals surface area contributed by atoms with Crippen molar-refractivity contribution in [1.29, 1.82) is 0 Å². The van der Waals surface area contributed by atoms with Crippen LogP contribution in [0.3, 0.4) is 0 Å². The van der Waals surface area contributed by atoms with Gasteiger partial charge in [-0.1, -0.05) is 17.7 Å². The highest BCUT2D eigenvalue weighted by atomic mass is 35.5. The van der Waals surface area contributed by atoms with Crippen molar-refractivity contribution >= 4 is 29.1 Å². The average Bonchev–Trinajstić information content (AvgIpc) is 2.67. The van der Waals surface area contributed by atoms with Crippen molar-refractivity contribution in [3.63, 3.8) is 0 Å². The van der Waals surface area contributed by atoms with Crippen LogP contribution in [0.1, 0.15) is 28.8 Å². The quantitative estimate of drug-likeness (QED) is 0.801. The van der Waals surface area contributed by atoms with Crippen molar-refractivity contribution in [2.45, 2.75) is 25.8 Å². The van der Waals surface area contributed by atoms with Gasteiger partial charge in [-0.3, -0.25) is 14.5 Å². The minimum absolute atomic E-state index is 0.0482. The van der Waals surface area contributed by atoms with Gasteiger partial charge in [0, 0.05) is 35.4 Å². The molecule has 2 aromatic carbocycles. The molecule has 0 aliphatic carbocycles. The molecule has 1 heterocycles. The first-order valence-electron chi connectivity index (χ1n) is 9.26. The first-order valence-corrected chi connectivity index (χ1v) is 9.64. The number of hydrogen-bond acceptors (Lipinski definition) is 3. The molecule has 2 amide bonds. The normalized spacial score (nSPS) is 15.2. The Morgan fingerprint density at radius 3 is 2.50 bits per heavy atom. The number of benzene rings is 2. The van der Waals surface area contributed by atoms with E-state index in [-0.39, 0.29) is 23.7 Å². The van der Waals surface area contributed by atoms with Crippen molar-refractivity contribution in [3.05, 3.63) is 64.4 Å². The number of anilines is 1. The number of carbonyl (C=O) groups is 2. The molecule has 0 bridgehead atoms. The smallest absolute Gasteiger partial charge is 0.251 e. The maximum absolute atomic E-state index is 13.0. The molecular formula is C21H23ClFN3O2. The van der Waals surface area contributed by atoms with Gasteiger partial charge in [0.1, 0.15) is 5.82 Å². The summed E-state index contributed by atoms with van der Waals surface area (Å²) >= 11 is 6.08. The van der Waals surface area contributed by atoms with Gasteiger partial charge in [-0.2, -0.15) is 0 Å². The number of nitrogens with zero attached hydrogens (tertiary/aromatic N) is 1. The lowest BCUT2D eigenvalue weighted by Gasteiger charge is -2.31. The van der Waals surface area contributed by atoms with E-state index in [4.69, 9.17) is 11.6 Å². The molecule has 1 aliphatic heterocycles. The van der Waals surface area contributed by atoms with Crippen LogP contribution in [0, 0.1) is 12.7 Å². The molecule has 28 heavy (non-hydrogen) atoms. The zero-order chi connectivity index (χ0) is 20.1. The van der Waals surface area contributed by atoms with Gasteiger partial charge in [0.25, 0.3) is 5.91 Å². The molecule has 0 unspecified atom stereocenters. The number of likely N-dealkylation sites (tertiary alicyclic amines) is 1. The summed E-state index contributed by atoms with van der Waals surface area (Å²) in [4.78, 5) is 26.6. The lowest BCUT2D eigenvalue weighted by molar-refractivity contribution is -0.117. The van der Waals surface area contributed by atoms with Crippen molar-refractivity contribution in [1.82, 2.24) is 10.2 Å². The standard InChI is InChI=1S/C21H23ClFN3O2/c1-14-18(22)3-2-4-19(14)25-20(27)13-26-11-9-17(10-12-26)24-21(28)15-5-7-16(23)8-6-15/h2-8,17H,9-13H2,1H3,(H,24,28)(H,25,27). The van der Waals surface area contributed by atoms with Gasteiger partial charge < -0.3 is 10.6 Å². The fourth-order valence-electron chi connectivity index (χ4n) is 3.24. The van der Waals surface area contributed by atoms with Crippen LogP contribution in [0.15, 0.2) is 42.5 Å². The van der Waals surface area contributed by atoms with Gasteiger partial charge in [0.2, 0.25) is 5.91 Å². The Balaban J connectivity index is 1.44.